The maximum absolute atomic E-state index is 6.08. The van der Waals surface area contributed by atoms with Crippen LogP contribution in [0.1, 0.15) is 115 Å². The first-order valence-electron chi connectivity index (χ1n) is 17.9. The number of ether oxygens (including phenoxy) is 2. The van der Waals surface area contributed by atoms with Gasteiger partial charge >= 0.3 is 0 Å². The van der Waals surface area contributed by atoms with Gasteiger partial charge < -0.3 is 9.47 Å². The number of hydrogen-bond acceptors (Lipinski definition) is 4. The fourth-order valence-corrected chi connectivity index (χ4v) is 6.10. The molecule has 0 unspecified atom stereocenters. The zero-order chi connectivity index (χ0) is 33.4. The fraction of sp³-hybridized carbons (Fsp3) is 0.571. The molecule has 0 aliphatic carbocycles. The van der Waals surface area contributed by atoms with Crippen molar-refractivity contribution in [3.05, 3.63) is 95.1 Å². The second kappa shape index (κ2) is 19.1. The fourth-order valence-electron chi connectivity index (χ4n) is 6.10. The predicted molar refractivity (Wildman–Crippen MR) is 197 cm³/mol. The van der Waals surface area contributed by atoms with E-state index >= 15 is 0 Å². The van der Waals surface area contributed by atoms with E-state index in [-0.39, 0.29) is 10.8 Å². The minimum Gasteiger partial charge on any atom is -0.492 e. The van der Waals surface area contributed by atoms with Gasteiger partial charge in [0, 0.05) is 26.2 Å². The molecule has 0 aliphatic rings. The van der Waals surface area contributed by atoms with Crippen LogP contribution in [0.25, 0.3) is 0 Å². The van der Waals surface area contributed by atoms with E-state index in [4.69, 9.17) is 9.47 Å². The van der Waals surface area contributed by atoms with Crippen molar-refractivity contribution in [2.24, 2.45) is 0 Å². The van der Waals surface area contributed by atoms with Gasteiger partial charge in [-0.25, -0.2) is 0 Å². The second-order valence-electron chi connectivity index (χ2n) is 14.7. The third-order valence-electron chi connectivity index (χ3n) is 9.49. The molecule has 0 aromatic heterocycles. The van der Waals surface area contributed by atoms with Gasteiger partial charge in [-0.05, 0) is 84.3 Å². The van der Waals surface area contributed by atoms with Gasteiger partial charge in [0.05, 0.1) is 0 Å². The molecule has 3 aromatic carbocycles. The minimum atomic E-state index is 0.214. The molecule has 4 nitrogen and oxygen atoms in total. The van der Waals surface area contributed by atoms with Crippen molar-refractivity contribution in [2.75, 3.05) is 40.4 Å². The monoisotopic (exact) mass is 628 g/mol. The number of hydrogen-bond donors (Lipinski definition) is 0. The molecule has 3 aromatic rings. The summed E-state index contributed by atoms with van der Waals surface area (Å²) < 4.78 is 12.2. The molecule has 0 atom stereocenters. The molecule has 46 heavy (non-hydrogen) atoms. The van der Waals surface area contributed by atoms with E-state index in [9.17, 15) is 0 Å². The molecule has 0 spiro atoms. The van der Waals surface area contributed by atoms with E-state index < -0.39 is 0 Å². The van der Waals surface area contributed by atoms with Crippen LogP contribution in [0.3, 0.4) is 0 Å². The number of likely N-dealkylation sites (N-methyl/N-ethyl adjacent to an activating group) is 2. The van der Waals surface area contributed by atoms with Crippen LogP contribution in [0.4, 0.5) is 0 Å². The summed E-state index contributed by atoms with van der Waals surface area (Å²) in [6, 6.07) is 26.5. The Morgan fingerprint density at radius 3 is 1.17 bits per heavy atom. The number of unbranched alkanes of at least 4 members (excludes halogenated alkanes) is 4. The van der Waals surface area contributed by atoms with Gasteiger partial charge in [-0.2, -0.15) is 0 Å². The van der Waals surface area contributed by atoms with Crippen molar-refractivity contribution in [3.63, 3.8) is 0 Å². The molecule has 0 heterocycles. The van der Waals surface area contributed by atoms with E-state index in [1.807, 2.05) is 0 Å². The van der Waals surface area contributed by atoms with Crippen LogP contribution in [-0.4, -0.2) is 50.2 Å². The lowest BCUT2D eigenvalue weighted by Gasteiger charge is -2.25. The number of benzene rings is 3. The van der Waals surface area contributed by atoms with E-state index in [1.165, 1.54) is 73.6 Å². The molecule has 0 saturated carbocycles. The highest BCUT2D eigenvalue weighted by Crippen LogP contribution is 2.31. The Hall–Kier alpha value is -2.82. The Morgan fingerprint density at radius 1 is 0.500 bits per heavy atom. The normalized spacial score (nSPS) is 12.2. The van der Waals surface area contributed by atoms with E-state index in [1.54, 1.807) is 0 Å². The Bertz CT molecular complexity index is 1130. The van der Waals surface area contributed by atoms with Crippen molar-refractivity contribution >= 4 is 0 Å². The smallest absolute Gasteiger partial charge is 0.119 e. The lowest BCUT2D eigenvalue weighted by atomic mass is 9.80. The average Bonchev–Trinajstić information content (AvgIpc) is 3.03. The quantitative estimate of drug-likeness (QED) is 0.103. The van der Waals surface area contributed by atoms with Crippen molar-refractivity contribution in [1.82, 2.24) is 9.80 Å². The molecule has 254 valence electrons. The maximum atomic E-state index is 6.08. The van der Waals surface area contributed by atoms with Gasteiger partial charge in [-0.1, -0.05) is 129 Å². The van der Waals surface area contributed by atoms with Crippen LogP contribution in [0.2, 0.25) is 0 Å². The molecule has 0 amide bonds. The Labute approximate surface area is 282 Å². The average molecular weight is 629 g/mol. The lowest BCUT2D eigenvalue weighted by Crippen LogP contribution is -2.24. The highest BCUT2D eigenvalue weighted by molar-refractivity contribution is 5.32. The van der Waals surface area contributed by atoms with Gasteiger partial charge in [0.25, 0.3) is 0 Å². The second-order valence-corrected chi connectivity index (χ2v) is 14.7. The molecular weight excluding hydrogens is 564 g/mol. The molecule has 0 bridgehead atoms. The van der Waals surface area contributed by atoms with Crippen LogP contribution < -0.4 is 9.47 Å². The first-order chi connectivity index (χ1) is 22.0. The number of rotatable bonds is 22. The van der Waals surface area contributed by atoms with Crippen molar-refractivity contribution in [3.8, 4) is 11.5 Å². The summed E-state index contributed by atoms with van der Waals surface area (Å²) in [6.07, 6.45) is 10.2. The van der Waals surface area contributed by atoms with Crippen molar-refractivity contribution < 1.29 is 9.47 Å². The molecule has 0 fully saturated rings. The summed E-state index contributed by atoms with van der Waals surface area (Å²) in [6.45, 7) is 18.9. The van der Waals surface area contributed by atoms with Gasteiger partial charge in [-0.3, -0.25) is 9.80 Å². The first-order valence-corrected chi connectivity index (χ1v) is 17.9. The van der Waals surface area contributed by atoms with Gasteiger partial charge in [0.2, 0.25) is 0 Å². The standard InChI is InChI=1S/C42H64N2O2/c1-9-11-13-27-41(3,4)37-19-23-39(24-20-37)45-31-29-43(7)33-35-15-17-36(18-16-35)34-44(8)30-32-46-40-25-21-38(22-26-40)42(5,6)28-14-12-10-2/h15-26H,9-14,27-34H2,1-8H3. The molecule has 0 radical (unpaired) electrons. The van der Waals surface area contributed by atoms with Crippen LogP contribution in [0.15, 0.2) is 72.8 Å². The van der Waals surface area contributed by atoms with Crippen LogP contribution in [-0.2, 0) is 23.9 Å². The van der Waals surface area contributed by atoms with Gasteiger partial charge in [0.15, 0.2) is 0 Å². The van der Waals surface area contributed by atoms with Crippen molar-refractivity contribution in [2.45, 2.75) is 117 Å². The molecule has 3 rings (SSSR count). The van der Waals surface area contributed by atoms with Gasteiger partial charge in [-0.15, -0.1) is 0 Å². The predicted octanol–water partition coefficient (Wildman–Crippen LogP) is 10.4. The van der Waals surface area contributed by atoms with Crippen LogP contribution in [0, 0.1) is 0 Å². The highest BCUT2D eigenvalue weighted by atomic mass is 16.5. The largest absolute Gasteiger partial charge is 0.492 e. The highest BCUT2D eigenvalue weighted by Gasteiger charge is 2.21. The Morgan fingerprint density at radius 2 is 0.848 bits per heavy atom. The zero-order valence-electron chi connectivity index (χ0n) is 30.5. The molecular formula is C42H64N2O2. The summed E-state index contributed by atoms with van der Waals surface area (Å²) in [5, 5.41) is 0. The molecule has 0 aliphatic heterocycles. The summed E-state index contributed by atoms with van der Waals surface area (Å²) >= 11 is 0. The topological polar surface area (TPSA) is 24.9 Å². The van der Waals surface area contributed by atoms with Crippen LogP contribution >= 0.6 is 0 Å². The van der Waals surface area contributed by atoms with Crippen molar-refractivity contribution in [1.29, 1.82) is 0 Å². The molecule has 0 saturated heterocycles. The number of nitrogens with zero attached hydrogens (tertiary/aromatic N) is 2. The zero-order valence-corrected chi connectivity index (χ0v) is 30.5. The Balaban J connectivity index is 1.33. The SMILES string of the molecule is CCCCCC(C)(C)c1ccc(OCCN(C)Cc2ccc(CN(C)CCOc3ccc(C(C)(C)CCCCC)cc3)cc2)cc1. The van der Waals surface area contributed by atoms with E-state index in [0.29, 0.717) is 13.2 Å². The summed E-state index contributed by atoms with van der Waals surface area (Å²) in [7, 11) is 4.32. The third-order valence-corrected chi connectivity index (χ3v) is 9.49. The molecule has 4 heteroatoms. The lowest BCUT2D eigenvalue weighted by molar-refractivity contribution is 0.231. The Kier molecular flexibility index (Phi) is 15.6. The molecule has 0 N–H and O–H groups in total. The summed E-state index contributed by atoms with van der Waals surface area (Å²) in [5.41, 5.74) is 5.87. The van der Waals surface area contributed by atoms with E-state index in [2.05, 4.69) is 138 Å². The third kappa shape index (κ3) is 13.1. The summed E-state index contributed by atoms with van der Waals surface area (Å²) in [5.74, 6) is 1.91. The summed E-state index contributed by atoms with van der Waals surface area (Å²) in [4.78, 5) is 4.65. The maximum Gasteiger partial charge on any atom is 0.119 e. The minimum absolute atomic E-state index is 0.214. The van der Waals surface area contributed by atoms with E-state index in [0.717, 1.165) is 37.7 Å². The first kappa shape index (κ1) is 37.6. The van der Waals surface area contributed by atoms with Crippen LogP contribution in [0.5, 0.6) is 11.5 Å². The van der Waals surface area contributed by atoms with Gasteiger partial charge in [0.1, 0.15) is 24.7 Å².